The van der Waals surface area contributed by atoms with E-state index in [1.54, 1.807) is 11.3 Å². The molecule has 0 saturated carbocycles. The second-order valence-corrected chi connectivity index (χ2v) is 4.50. The second-order valence-electron chi connectivity index (χ2n) is 3.72. The largest absolute Gasteiger partial charge is 0.330 e. The predicted molar refractivity (Wildman–Crippen MR) is 60.5 cm³/mol. The Morgan fingerprint density at radius 1 is 1.64 bits per heavy atom. The van der Waals surface area contributed by atoms with Gasteiger partial charge in [-0.25, -0.2) is 0 Å². The Kier molecular flexibility index (Phi) is 4.84. The molecule has 0 bridgehead atoms. The number of ketones is 1. The van der Waals surface area contributed by atoms with Gasteiger partial charge in [0.2, 0.25) is 0 Å². The van der Waals surface area contributed by atoms with Gasteiger partial charge in [-0.15, -0.1) is 0 Å². The molecule has 1 aromatic rings. The molecule has 0 aromatic carbocycles. The Morgan fingerprint density at radius 2 is 2.43 bits per heavy atom. The van der Waals surface area contributed by atoms with Gasteiger partial charge in [0.05, 0.1) is 0 Å². The van der Waals surface area contributed by atoms with Crippen LogP contribution in [0.1, 0.15) is 25.3 Å². The maximum Gasteiger partial charge on any atom is 0.133 e. The van der Waals surface area contributed by atoms with Crippen LogP contribution in [0.2, 0.25) is 0 Å². The van der Waals surface area contributed by atoms with Gasteiger partial charge in [0, 0.05) is 12.8 Å². The summed E-state index contributed by atoms with van der Waals surface area (Å²) in [5.74, 6) is 0.652. The van der Waals surface area contributed by atoms with Crippen molar-refractivity contribution in [2.45, 2.75) is 26.2 Å². The maximum absolute atomic E-state index is 11.5. The van der Waals surface area contributed by atoms with Crippen molar-refractivity contribution in [3.8, 4) is 0 Å². The number of aryl methyl sites for hydroxylation is 1. The summed E-state index contributed by atoms with van der Waals surface area (Å²) in [5.41, 5.74) is 6.73. The van der Waals surface area contributed by atoms with Crippen LogP contribution in [0.3, 0.4) is 0 Å². The third-order valence-corrected chi connectivity index (χ3v) is 2.98. The summed E-state index contributed by atoms with van der Waals surface area (Å²) >= 11 is 1.68. The fraction of sp³-hybridized carbons (Fsp3) is 0.545. The third kappa shape index (κ3) is 4.03. The van der Waals surface area contributed by atoms with Gasteiger partial charge < -0.3 is 5.73 Å². The molecule has 1 atom stereocenters. The lowest BCUT2D eigenvalue weighted by Gasteiger charge is -2.06. The highest BCUT2D eigenvalue weighted by Crippen LogP contribution is 2.10. The van der Waals surface area contributed by atoms with E-state index in [2.05, 4.69) is 11.4 Å². The Labute approximate surface area is 89.1 Å². The number of hydrogen-bond donors (Lipinski definition) is 1. The monoisotopic (exact) mass is 211 g/mol. The molecule has 0 aliphatic heterocycles. The fourth-order valence-electron chi connectivity index (χ4n) is 1.29. The van der Waals surface area contributed by atoms with Crippen LogP contribution in [0.15, 0.2) is 16.8 Å². The summed E-state index contributed by atoms with van der Waals surface area (Å²) in [6.07, 6.45) is 2.15. The molecule has 0 aliphatic rings. The van der Waals surface area contributed by atoms with Crippen molar-refractivity contribution in [1.82, 2.24) is 0 Å². The van der Waals surface area contributed by atoms with Crippen LogP contribution in [0.25, 0.3) is 0 Å². The Balaban J connectivity index is 2.22. The zero-order valence-corrected chi connectivity index (χ0v) is 9.35. The summed E-state index contributed by atoms with van der Waals surface area (Å²) in [4.78, 5) is 11.5. The number of hydrogen-bond acceptors (Lipinski definition) is 3. The number of carbonyl (C=O) groups excluding carboxylic acids is 1. The van der Waals surface area contributed by atoms with Gasteiger partial charge in [-0.3, -0.25) is 4.79 Å². The van der Waals surface area contributed by atoms with Gasteiger partial charge in [0.15, 0.2) is 0 Å². The fourth-order valence-corrected chi connectivity index (χ4v) is 2.00. The smallest absolute Gasteiger partial charge is 0.133 e. The van der Waals surface area contributed by atoms with Crippen LogP contribution in [0, 0.1) is 5.92 Å². The molecule has 0 saturated heterocycles. The van der Waals surface area contributed by atoms with E-state index in [-0.39, 0.29) is 0 Å². The van der Waals surface area contributed by atoms with E-state index >= 15 is 0 Å². The normalized spacial score (nSPS) is 12.7. The highest BCUT2D eigenvalue weighted by atomic mass is 32.1. The lowest BCUT2D eigenvalue weighted by Crippen LogP contribution is -2.15. The van der Waals surface area contributed by atoms with Gasteiger partial charge in [-0.05, 0) is 41.3 Å². The maximum atomic E-state index is 11.5. The molecule has 1 aromatic heterocycles. The molecule has 3 heteroatoms. The van der Waals surface area contributed by atoms with Crippen molar-refractivity contribution in [3.05, 3.63) is 22.4 Å². The molecule has 78 valence electrons. The minimum absolute atomic E-state index is 0.324. The Hall–Kier alpha value is -0.670. The van der Waals surface area contributed by atoms with Crippen LogP contribution in [0.4, 0.5) is 0 Å². The van der Waals surface area contributed by atoms with Crippen LogP contribution >= 0.6 is 11.3 Å². The molecule has 1 unspecified atom stereocenters. The Morgan fingerprint density at radius 3 is 3.00 bits per heavy atom. The molecule has 0 radical (unpaired) electrons. The van der Waals surface area contributed by atoms with E-state index in [9.17, 15) is 4.79 Å². The molecule has 1 heterocycles. The highest BCUT2D eigenvalue weighted by molar-refractivity contribution is 7.07. The minimum Gasteiger partial charge on any atom is -0.330 e. The van der Waals surface area contributed by atoms with Crippen LogP contribution in [-0.4, -0.2) is 12.3 Å². The molecule has 0 spiro atoms. The summed E-state index contributed by atoms with van der Waals surface area (Å²) < 4.78 is 0. The summed E-state index contributed by atoms with van der Waals surface area (Å²) in [5, 5.41) is 4.14. The minimum atomic E-state index is 0.324. The van der Waals surface area contributed by atoms with Gasteiger partial charge in [-0.2, -0.15) is 11.3 Å². The van der Waals surface area contributed by atoms with Crippen molar-refractivity contribution in [1.29, 1.82) is 0 Å². The summed E-state index contributed by atoms with van der Waals surface area (Å²) in [7, 11) is 0. The molecular formula is C11H17NOS. The van der Waals surface area contributed by atoms with Gasteiger partial charge in [0.1, 0.15) is 5.78 Å². The lowest BCUT2D eigenvalue weighted by molar-refractivity contribution is -0.119. The molecule has 14 heavy (non-hydrogen) atoms. The zero-order chi connectivity index (χ0) is 10.4. The molecule has 2 N–H and O–H groups in total. The molecule has 2 nitrogen and oxygen atoms in total. The number of Topliss-reactive ketones (excluding diaryl/α,β-unsaturated/α-hetero) is 1. The first-order valence-electron chi connectivity index (χ1n) is 4.95. The first kappa shape index (κ1) is 11.4. The molecule has 0 amide bonds. The first-order chi connectivity index (χ1) is 6.72. The molecule has 1 rings (SSSR count). The Bertz CT molecular complexity index is 269. The average molecular weight is 211 g/mol. The van der Waals surface area contributed by atoms with E-state index in [1.165, 1.54) is 5.56 Å². The average Bonchev–Trinajstić information content (AvgIpc) is 2.67. The quantitative estimate of drug-likeness (QED) is 0.784. The van der Waals surface area contributed by atoms with Crippen molar-refractivity contribution in [2.24, 2.45) is 11.7 Å². The van der Waals surface area contributed by atoms with Crippen LogP contribution in [0.5, 0.6) is 0 Å². The third-order valence-electron chi connectivity index (χ3n) is 2.25. The number of rotatable bonds is 6. The number of nitrogens with two attached hydrogens (primary N) is 1. The van der Waals surface area contributed by atoms with Crippen molar-refractivity contribution in [2.75, 3.05) is 6.54 Å². The standard InChI is InChI=1S/C11H17NOS/c1-9(7-12)6-11(13)3-2-10-4-5-14-8-10/h4-5,8-9H,2-3,6-7,12H2,1H3. The highest BCUT2D eigenvalue weighted by Gasteiger charge is 2.07. The SMILES string of the molecule is CC(CN)CC(=O)CCc1ccsc1. The van der Waals surface area contributed by atoms with Crippen LogP contribution < -0.4 is 5.73 Å². The van der Waals surface area contributed by atoms with Crippen molar-refractivity contribution in [3.63, 3.8) is 0 Å². The van der Waals surface area contributed by atoms with Crippen molar-refractivity contribution < 1.29 is 4.79 Å². The summed E-state index contributed by atoms with van der Waals surface area (Å²) in [6.45, 7) is 2.62. The molecule has 0 fully saturated rings. The van der Waals surface area contributed by atoms with Gasteiger partial charge in [-0.1, -0.05) is 6.92 Å². The lowest BCUT2D eigenvalue weighted by atomic mass is 10.0. The van der Waals surface area contributed by atoms with Gasteiger partial charge >= 0.3 is 0 Å². The van der Waals surface area contributed by atoms with E-state index in [4.69, 9.17) is 5.73 Å². The topological polar surface area (TPSA) is 43.1 Å². The van der Waals surface area contributed by atoms with Gasteiger partial charge in [0.25, 0.3) is 0 Å². The molecule has 0 aliphatic carbocycles. The second kappa shape index (κ2) is 5.94. The van der Waals surface area contributed by atoms with E-state index < -0.39 is 0 Å². The number of carbonyl (C=O) groups is 1. The zero-order valence-electron chi connectivity index (χ0n) is 8.53. The van der Waals surface area contributed by atoms with Crippen molar-refractivity contribution >= 4 is 17.1 Å². The van der Waals surface area contributed by atoms with E-state index in [1.807, 2.05) is 12.3 Å². The van der Waals surface area contributed by atoms with E-state index in [0.29, 0.717) is 31.1 Å². The predicted octanol–water partition coefficient (Wildman–Crippen LogP) is 2.23. The van der Waals surface area contributed by atoms with Crippen LogP contribution in [-0.2, 0) is 11.2 Å². The van der Waals surface area contributed by atoms with E-state index in [0.717, 1.165) is 6.42 Å². The summed E-state index contributed by atoms with van der Waals surface area (Å²) in [6, 6.07) is 2.07. The number of thiophene rings is 1. The molecular weight excluding hydrogens is 194 g/mol. The first-order valence-corrected chi connectivity index (χ1v) is 5.89.